The van der Waals surface area contributed by atoms with Gasteiger partial charge in [-0.15, -0.1) is 0 Å². The molecule has 0 saturated carbocycles. The van der Waals surface area contributed by atoms with Gasteiger partial charge in [0.15, 0.2) is 0 Å². The summed E-state index contributed by atoms with van der Waals surface area (Å²) in [6.45, 7) is 3.57. The van der Waals surface area contributed by atoms with Crippen molar-refractivity contribution in [1.29, 1.82) is 0 Å². The van der Waals surface area contributed by atoms with E-state index in [9.17, 15) is 13.6 Å². The highest BCUT2D eigenvalue weighted by atomic mass is 19.3. The molecule has 2 aliphatic heterocycles. The zero-order valence-corrected chi connectivity index (χ0v) is 18.5. The predicted molar refractivity (Wildman–Crippen MR) is 120 cm³/mol. The van der Waals surface area contributed by atoms with Crippen LogP contribution in [-0.4, -0.2) is 56.1 Å². The molecule has 0 aliphatic carbocycles. The minimum Gasteiger partial charge on any atom is -0.374 e. The number of alkyl halides is 2. The van der Waals surface area contributed by atoms with Crippen molar-refractivity contribution in [1.82, 2.24) is 24.9 Å². The van der Waals surface area contributed by atoms with Gasteiger partial charge in [-0.25, -0.2) is 19.9 Å². The summed E-state index contributed by atoms with van der Waals surface area (Å²) < 4.78 is 33.1. The first kappa shape index (κ1) is 22.0. The number of amides is 1. The maximum Gasteiger partial charge on any atom is 0.303 e. The highest BCUT2D eigenvalue weighted by molar-refractivity contribution is 5.89. The molecule has 34 heavy (non-hydrogen) atoms. The molecule has 176 valence electrons. The van der Waals surface area contributed by atoms with Gasteiger partial charge in [0.25, 0.3) is 0 Å². The van der Waals surface area contributed by atoms with Crippen LogP contribution in [0.3, 0.4) is 0 Å². The van der Waals surface area contributed by atoms with Crippen LogP contribution in [0.5, 0.6) is 0 Å². The van der Waals surface area contributed by atoms with Crippen LogP contribution < -0.4 is 15.5 Å². The van der Waals surface area contributed by atoms with Crippen molar-refractivity contribution in [2.24, 2.45) is 0 Å². The second-order valence-electron chi connectivity index (χ2n) is 8.33. The van der Waals surface area contributed by atoms with Crippen LogP contribution in [0.25, 0.3) is 11.3 Å². The van der Waals surface area contributed by atoms with Gasteiger partial charge in [-0.3, -0.25) is 9.78 Å². The van der Waals surface area contributed by atoms with E-state index >= 15 is 0 Å². The highest BCUT2D eigenvalue weighted by Crippen LogP contribution is 2.34. The van der Waals surface area contributed by atoms with Crippen LogP contribution in [0, 0.1) is 0 Å². The molecule has 0 radical (unpaired) electrons. The molecule has 10 nitrogen and oxygen atoms in total. The van der Waals surface area contributed by atoms with Gasteiger partial charge in [-0.1, -0.05) is 0 Å². The summed E-state index contributed by atoms with van der Waals surface area (Å²) in [5.41, 5.74) is 1.53. The zero-order chi connectivity index (χ0) is 23.9. The summed E-state index contributed by atoms with van der Waals surface area (Å²) in [7, 11) is 0. The van der Waals surface area contributed by atoms with Gasteiger partial charge in [0.05, 0.1) is 42.5 Å². The van der Waals surface area contributed by atoms with Crippen LogP contribution in [0.15, 0.2) is 36.9 Å². The number of carbonyl (C=O) groups is 1. The lowest BCUT2D eigenvalue weighted by atomic mass is 10.1. The Balaban J connectivity index is 1.46. The van der Waals surface area contributed by atoms with Crippen LogP contribution in [0.2, 0.25) is 0 Å². The van der Waals surface area contributed by atoms with E-state index in [0.29, 0.717) is 29.6 Å². The number of aromatic nitrogens is 5. The van der Waals surface area contributed by atoms with E-state index in [0.717, 1.165) is 25.7 Å². The summed E-state index contributed by atoms with van der Waals surface area (Å²) in [5, 5.41) is 5.63. The van der Waals surface area contributed by atoms with E-state index in [-0.39, 0.29) is 23.6 Å². The van der Waals surface area contributed by atoms with E-state index in [4.69, 9.17) is 4.74 Å². The molecule has 3 aromatic heterocycles. The predicted octanol–water partition coefficient (Wildman–Crippen LogP) is 3.12. The lowest BCUT2D eigenvalue weighted by Crippen LogP contribution is -2.37. The Labute approximate surface area is 193 Å². The van der Waals surface area contributed by atoms with Crippen molar-refractivity contribution in [2.75, 3.05) is 28.7 Å². The van der Waals surface area contributed by atoms with E-state index in [2.05, 4.69) is 40.5 Å². The number of rotatable bonds is 6. The van der Waals surface area contributed by atoms with Gasteiger partial charge in [0.2, 0.25) is 11.7 Å². The molecule has 0 unspecified atom stereocenters. The topological polar surface area (TPSA) is 118 Å². The lowest BCUT2D eigenvalue weighted by molar-refractivity contribution is -0.114. The Hall–Kier alpha value is -3.80. The van der Waals surface area contributed by atoms with Crippen LogP contribution in [0.4, 0.5) is 31.9 Å². The molecule has 2 fully saturated rings. The first-order valence-corrected chi connectivity index (χ1v) is 10.7. The summed E-state index contributed by atoms with van der Waals surface area (Å²) in [6.07, 6.45) is 7.33. The van der Waals surface area contributed by atoms with E-state index in [1.54, 1.807) is 18.5 Å². The third-order valence-electron chi connectivity index (χ3n) is 5.63. The molecule has 0 aromatic carbocycles. The molecule has 5 rings (SSSR count). The average Bonchev–Trinajstić information content (AvgIpc) is 3.43. The van der Waals surface area contributed by atoms with Gasteiger partial charge in [-0.2, -0.15) is 8.78 Å². The maximum absolute atomic E-state index is 13.7. The summed E-state index contributed by atoms with van der Waals surface area (Å²) in [6, 6.07) is 3.36. The molecule has 2 saturated heterocycles. The van der Waals surface area contributed by atoms with Crippen molar-refractivity contribution in [3.05, 3.63) is 42.7 Å². The monoisotopic (exact) mass is 468 g/mol. The van der Waals surface area contributed by atoms with Gasteiger partial charge in [-0.05, 0) is 12.5 Å². The number of pyridine rings is 1. The van der Waals surface area contributed by atoms with Crippen LogP contribution in [-0.2, 0) is 15.5 Å². The van der Waals surface area contributed by atoms with Crippen LogP contribution >= 0.6 is 0 Å². The summed E-state index contributed by atoms with van der Waals surface area (Å²) in [5.74, 6) is -2.89. The lowest BCUT2D eigenvalue weighted by Gasteiger charge is -2.27. The number of halogens is 2. The largest absolute Gasteiger partial charge is 0.374 e. The Morgan fingerprint density at radius 3 is 2.68 bits per heavy atom. The zero-order valence-electron chi connectivity index (χ0n) is 18.5. The number of nitrogens with one attached hydrogen (secondary N) is 2. The molecule has 5 heterocycles. The fraction of sp³-hybridized carbons (Fsp3) is 0.364. The minimum atomic E-state index is -3.19. The van der Waals surface area contributed by atoms with Crippen molar-refractivity contribution < 1.29 is 18.3 Å². The number of nitrogens with zero attached hydrogens (tertiary/aromatic N) is 6. The van der Waals surface area contributed by atoms with Gasteiger partial charge >= 0.3 is 5.92 Å². The van der Waals surface area contributed by atoms with Crippen molar-refractivity contribution in [3.63, 3.8) is 0 Å². The number of carbonyl (C=O) groups excluding carboxylic acids is 1. The average molecular weight is 468 g/mol. The van der Waals surface area contributed by atoms with Crippen molar-refractivity contribution >= 4 is 29.0 Å². The molecule has 2 aliphatic rings. The number of morpholine rings is 1. The van der Waals surface area contributed by atoms with Gasteiger partial charge in [0, 0.05) is 44.4 Å². The van der Waals surface area contributed by atoms with E-state index in [1.807, 2.05) is 0 Å². The SMILES string of the molecule is CC(=O)Nc1cc(Nc2ccnc(C(C)(F)F)n2)c(-c2cnc(N3C[C@H]4C[C@@H]3CO4)cn2)cn1. The quantitative estimate of drug-likeness (QED) is 0.562. The number of fused-ring (bicyclic) bond motifs is 2. The fourth-order valence-electron chi connectivity index (χ4n) is 4.08. The maximum atomic E-state index is 13.7. The van der Waals surface area contributed by atoms with Gasteiger partial charge < -0.3 is 20.3 Å². The standard InChI is InChI=1S/C22H22F2N8O2/c1-12(33)29-19-6-16(30-18-3-4-25-21(31-18)22(2,23)24)15(7-27-19)17-8-28-20(9-26-17)32-10-14-5-13(32)11-34-14/h3-4,6-9,13-14H,5,10-11H2,1-2H3,(H2,25,27,29,30,31,33)/t13-,14-/m1/s1. The molecule has 3 aromatic rings. The summed E-state index contributed by atoms with van der Waals surface area (Å²) >= 11 is 0. The Bertz CT molecular complexity index is 1220. The first-order chi connectivity index (χ1) is 16.3. The first-order valence-electron chi connectivity index (χ1n) is 10.7. The summed E-state index contributed by atoms with van der Waals surface area (Å²) in [4.78, 5) is 34.7. The molecule has 1 amide bonds. The van der Waals surface area contributed by atoms with Crippen LogP contribution in [0.1, 0.15) is 26.1 Å². The van der Waals surface area contributed by atoms with Crippen molar-refractivity contribution in [2.45, 2.75) is 38.3 Å². The minimum absolute atomic E-state index is 0.158. The molecule has 2 N–H and O–H groups in total. The molecule has 12 heteroatoms. The molecular formula is C22H22F2N8O2. The Kier molecular flexibility index (Phi) is 5.52. The molecule has 0 spiro atoms. The van der Waals surface area contributed by atoms with E-state index in [1.165, 1.54) is 25.4 Å². The second kappa shape index (κ2) is 8.52. The number of hydrogen-bond acceptors (Lipinski definition) is 9. The number of anilines is 4. The normalized spacial score (nSPS) is 19.4. The number of ether oxygens (including phenoxy) is 1. The van der Waals surface area contributed by atoms with E-state index < -0.39 is 11.7 Å². The number of hydrogen-bond donors (Lipinski definition) is 2. The molecular weight excluding hydrogens is 446 g/mol. The second-order valence-corrected chi connectivity index (χ2v) is 8.33. The Morgan fingerprint density at radius 1 is 1.18 bits per heavy atom. The Morgan fingerprint density at radius 2 is 2.03 bits per heavy atom. The highest BCUT2D eigenvalue weighted by Gasteiger charge is 2.39. The smallest absolute Gasteiger partial charge is 0.303 e. The fourth-order valence-corrected chi connectivity index (χ4v) is 4.08. The molecule has 2 atom stereocenters. The van der Waals surface area contributed by atoms with Gasteiger partial charge in [0.1, 0.15) is 17.5 Å². The molecule has 2 bridgehead atoms. The third kappa shape index (κ3) is 4.49. The third-order valence-corrected chi connectivity index (χ3v) is 5.63. The van der Waals surface area contributed by atoms with Crippen molar-refractivity contribution in [3.8, 4) is 11.3 Å².